The van der Waals surface area contributed by atoms with Crippen molar-refractivity contribution in [3.05, 3.63) is 42.2 Å². The molecule has 0 atom stereocenters. The largest absolute Gasteiger partial charge is 0.300 e. The molecule has 1 heterocycles. The highest BCUT2D eigenvalue weighted by atomic mass is 16.1. The Morgan fingerprint density at radius 1 is 1.06 bits per heavy atom. The van der Waals surface area contributed by atoms with Crippen molar-refractivity contribution >= 4 is 16.6 Å². The summed E-state index contributed by atoms with van der Waals surface area (Å²) in [5.41, 5.74) is 1.32. The Hall–Kier alpha value is -1.70. The van der Waals surface area contributed by atoms with Crippen molar-refractivity contribution in [2.45, 2.75) is 31.6 Å². The average molecular weight is 225 g/mol. The number of hydrogen-bond acceptors (Lipinski definition) is 2. The van der Waals surface area contributed by atoms with E-state index in [1.54, 1.807) is 0 Å². The van der Waals surface area contributed by atoms with E-state index in [0.29, 0.717) is 11.7 Å². The van der Waals surface area contributed by atoms with Gasteiger partial charge in [-0.25, -0.2) is 0 Å². The molecule has 2 aromatic rings. The second-order valence-corrected chi connectivity index (χ2v) is 4.76. The van der Waals surface area contributed by atoms with Gasteiger partial charge in [0.1, 0.15) is 5.78 Å². The lowest BCUT2D eigenvalue weighted by atomic mass is 9.82. The van der Waals surface area contributed by atoms with Gasteiger partial charge < -0.3 is 0 Å². The second-order valence-electron chi connectivity index (χ2n) is 4.76. The highest BCUT2D eigenvalue weighted by Gasteiger charge is 2.21. The average Bonchev–Trinajstić information content (AvgIpc) is 2.39. The molecular weight excluding hydrogens is 210 g/mol. The first-order valence-electron chi connectivity index (χ1n) is 6.19. The van der Waals surface area contributed by atoms with Crippen LogP contribution < -0.4 is 0 Å². The summed E-state index contributed by atoms with van der Waals surface area (Å²) in [4.78, 5) is 15.6. The number of nitrogens with zero attached hydrogens (tertiary/aromatic N) is 1. The molecule has 17 heavy (non-hydrogen) atoms. The molecule has 0 bridgehead atoms. The molecule has 1 aromatic carbocycles. The molecule has 0 radical (unpaired) electrons. The Morgan fingerprint density at radius 2 is 1.82 bits per heavy atom. The van der Waals surface area contributed by atoms with Gasteiger partial charge in [-0.05, 0) is 29.7 Å². The van der Waals surface area contributed by atoms with Crippen molar-refractivity contribution in [2.75, 3.05) is 0 Å². The SMILES string of the molecule is O=C1CCC(c2cncc3ccccc23)CC1. The summed E-state index contributed by atoms with van der Waals surface area (Å²) in [6.07, 6.45) is 7.31. The van der Waals surface area contributed by atoms with Gasteiger partial charge >= 0.3 is 0 Å². The van der Waals surface area contributed by atoms with Gasteiger partial charge in [-0.1, -0.05) is 24.3 Å². The van der Waals surface area contributed by atoms with Crippen molar-refractivity contribution in [2.24, 2.45) is 0 Å². The first-order valence-corrected chi connectivity index (χ1v) is 6.19. The summed E-state index contributed by atoms with van der Waals surface area (Å²) in [5, 5.41) is 2.49. The second kappa shape index (κ2) is 4.28. The number of benzene rings is 1. The van der Waals surface area contributed by atoms with E-state index in [2.05, 4.69) is 23.2 Å². The van der Waals surface area contributed by atoms with Gasteiger partial charge in [-0.3, -0.25) is 9.78 Å². The normalized spacial score (nSPS) is 17.5. The predicted octanol–water partition coefficient (Wildman–Crippen LogP) is 3.46. The molecule has 0 saturated heterocycles. The van der Waals surface area contributed by atoms with Crippen molar-refractivity contribution in [1.82, 2.24) is 4.98 Å². The maximum atomic E-state index is 11.3. The van der Waals surface area contributed by atoms with Crippen LogP contribution in [0, 0.1) is 0 Å². The Balaban J connectivity index is 2.02. The lowest BCUT2D eigenvalue weighted by Gasteiger charge is -2.22. The third-order valence-electron chi connectivity index (χ3n) is 3.68. The first kappa shape index (κ1) is 10.5. The van der Waals surface area contributed by atoms with Gasteiger partial charge in [-0.15, -0.1) is 0 Å². The van der Waals surface area contributed by atoms with Gasteiger partial charge in [0.25, 0.3) is 0 Å². The van der Waals surface area contributed by atoms with Crippen LogP contribution in [0.1, 0.15) is 37.2 Å². The van der Waals surface area contributed by atoms with E-state index < -0.39 is 0 Å². The fourth-order valence-electron chi connectivity index (χ4n) is 2.72. The molecule has 0 aliphatic heterocycles. The molecule has 2 nitrogen and oxygen atoms in total. The molecule has 86 valence electrons. The smallest absolute Gasteiger partial charge is 0.132 e. The Labute approximate surface area is 101 Å². The Bertz CT molecular complexity index is 546. The van der Waals surface area contributed by atoms with E-state index in [9.17, 15) is 4.79 Å². The monoisotopic (exact) mass is 225 g/mol. The minimum absolute atomic E-state index is 0.412. The van der Waals surface area contributed by atoms with Crippen LogP contribution in [-0.4, -0.2) is 10.8 Å². The predicted molar refractivity (Wildman–Crippen MR) is 68.0 cm³/mol. The van der Waals surface area contributed by atoms with Gasteiger partial charge in [0.15, 0.2) is 0 Å². The molecule has 0 spiro atoms. The number of rotatable bonds is 1. The fraction of sp³-hybridized carbons (Fsp3) is 0.333. The number of fused-ring (bicyclic) bond motifs is 1. The van der Waals surface area contributed by atoms with Gasteiger partial charge in [0.05, 0.1) is 0 Å². The van der Waals surface area contributed by atoms with Crippen LogP contribution in [0.2, 0.25) is 0 Å². The zero-order valence-electron chi connectivity index (χ0n) is 9.73. The summed E-state index contributed by atoms with van der Waals surface area (Å²) in [7, 11) is 0. The maximum Gasteiger partial charge on any atom is 0.132 e. The number of hydrogen-bond donors (Lipinski definition) is 0. The van der Waals surface area contributed by atoms with Crippen LogP contribution in [0.4, 0.5) is 0 Å². The molecule has 1 saturated carbocycles. The van der Waals surface area contributed by atoms with E-state index in [1.807, 2.05) is 18.5 Å². The molecule has 1 aliphatic carbocycles. The van der Waals surface area contributed by atoms with Crippen molar-refractivity contribution < 1.29 is 4.79 Å². The number of pyridine rings is 1. The van der Waals surface area contributed by atoms with Crippen LogP contribution in [0.3, 0.4) is 0 Å². The Kier molecular flexibility index (Phi) is 2.63. The number of ketones is 1. The van der Waals surface area contributed by atoms with E-state index in [0.717, 1.165) is 25.7 Å². The summed E-state index contributed by atoms with van der Waals surface area (Å²) >= 11 is 0. The topological polar surface area (TPSA) is 30.0 Å². The molecule has 2 heteroatoms. The lowest BCUT2D eigenvalue weighted by molar-refractivity contribution is -0.120. The summed E-state index contributed by atoms with van der Waals surface area (Å²) in [5.74, 6) is 0.917. The van der Waals surface area contributed by atoms with Crippen molar-refractivity contribution in [3.8, 4) is 0 Å². The van der Waals surface area contributed by atoms with E-state index in [4.69, 9.17) is 0 Å². The zero-order valence-corrected chi connectivity index (χ0v) is 9.73. The summed E-state index contributed by atoms with van der Waals surface area (Å²) in [6, 6.07) is 8.36. The summed E-state index contributed by atoms with van der Waals surface area (Å²) in [6.45, 7) is 0. The number of Topliss-reactive ketones (excluding diaryl/α,β-unsaturated/α-hetero) is 1. The minimum Gasteiger partial charge on any atom is -0.300 e. The van der Waals surface area contributed by atoms with Crippen molar-refractivity contribution in [1.29, 1.82) is 0 Å². The maximum absolute atomic E-state index is 11.3. The first-order chi connectivity index (χ1) is 8.34. The Morgan fingerprint density at radius 3 is 2.65 bits per heavy atom. The van der Waals surface area contributed by atoms with E-state index in [-0.39, 0.29) is 0 Å². The van der Waals surface area contributed by atoms with Crippen LogP contribution in [0.15, 0.2) is 36.7 Å². The highest BCUT2D eigenvalue weighted by Crippen LogP contribution is 2.34. The van der Waals surface area contributed by atoms with Gasteiger partial charge in [0.2, 0.25) is 0 Å². The number of carbonyl (C=O) groups is 1. The minimum atomic E-state index is 0.412. The molecule has 0 unspecified atom stereocenters. The van der Waals surface area contributed by atoms with Crippen molar-refractivity contribution in [3.63, 3.8) is 0 Å². The molecule has 3 rings (SSSR count). The van der Waals surface area contributed by atoms with Crippen LogP contribution in [0.25, 0.3) is 10.8 Å². The molecule has 1 fully saturated rings. The van der Waals surface area contributed by atoms with Gasteiger partial charge in [0, 0.05) is 30.6 Å². The summed E-state index contributed by atoms with van der Waals surface area (Å²) < 4.78 is 0. The van der Waals surface area contributed by atoms with Crippen LogP contribution in [0.5, 0.6) is 0 Å². The molecule has 1 aliphatic rings. The molecule has 1 aromatic heterocycles. The van der Waals surface area contributed by atoms with Gasteiger partial charge in [-0.2, -0.15) is 0 Å². The quantitative estimate of drug-likeness (QED) is 0.744. The third kappa shape index (κ3) is 1.95. The lowest BCUT2D eigenvalue weighted by Crippen LogP contribution is -2.12. The van der Waals surface area contributed by atoms with E-state index >= 15 is 0 Å². The number of aromatic nitrogens is 1. The highest BCUT2D eigenvalue weighted by molar-refractivity contribution is 5.85. The standard InChI is InChI=1S/C15H15NO/c17-13-7-5-11(6-8-13)15-10-16-9-12-3-1-2-4-14(12)15/h1-4,9-11H,5-8H2. The molecule has 0 amide bonds. The molecular formula is C15H15NO. The van der Waals surface area contributed by atoms with E-state index in [1.165, 1.54) is 16.3 Å². The zero-order chi connectivity index (χ0) is 11.7. The fourth-order valence-corrected chi connectivity index (χ4v) is 2.72. The third-order valence-corrected chi connectivity index (χ3v) is 3.68. The van der Waals surface area contributed by atoms with Crippen LogP contribution >= 0.6 is 0 Å². The molecule has 0 N–H and O–H groups in total. The van der Waals surface area contributed by atoms with Crippen LogP contribution in [-0.2, 0) is 4.79 Å². The number of carbonyl (C=O) groups excluding carboxylic acids is 1.